The molecule has 0 heterocycles. The van der Waals surface area contributed by atoms with Crippen molar-refractivity contribution in [2.75, 3.05) is 0 Å². The molecule has 1 unspecified atom stereocenters. The van der Waals surface area contributed by atoms with Crippen LogP contribution in [0.3, 0.4) is 0 Å². The standard InChI is InChI=1S/C13H17ClO2/c1-8(2)6-11(13(15)16)10-5-4-9(3)12(14)7-10/h4-5,7-8,11H,6H2,1-3H3,(H,15,16). The number of hydrogen-bond donors (Lipinski definition) is 1. The number of aliphatic carboxylic acids is 1. The van der Waals surface area contributed by atoms with E-state index in [0.717, 1.165) is 11.1 Å². The fraction of sp³-hybridized carbons (Fsp3) is 0.462. The highest BCUT2D eigenvalue weighted by atomic mass is 35.5. The third kappa shape index (κ3) is 3.24. The molecule has 0 aliphatic heterocycles. The first-order valence-electron chi connectivity index (χ1n) is 5.40. The average molecular weight is 241 g/mol. The maximum Gasteiger partial charge on any atom is 0.310 e. The summed E-state index contributed by atoms with van der Waals surface area (Å²) in [6.45, 7) is 5.95. The van der Waals surface area contributed by atoms with Crippen LogP contribution in [-0.2, 0) is 4.79 Å². The summed E-state index contributed by atoms with van der Waals surface area (Å²) >= 11 is 6.01. The summed E-state index contributed by atoms with van der Waals surface area (Å²) in [5.41, 5.74) is 1.76. The van der Waals surface area contributed by atoms with Gasteiger partial charge in [-0.05, 0) is 36.5 Å². The number of aryl methyl sites for hydroxylation is 1. The summed E-state index contributed by atoms with van der Waals surface area (Å²) in [6.07, 6.45) is 0.634. The highest BCUT2D eigenvalue weighted by Gasteiger charge is 2.21. The molecule has 1 N–H and O–H groups in total. The van der Waals surface area contributed by atoms with E-state index in [1.54, 1.807) is 6.07 Å². The Labute approximate surface area is 101 Å². The van der Waals surface area contributed by atoms with Gasteiger partial charge >= 0.3 is 5.97 Å². The molecule has 0 spiro atoms. The number of carboxylic acid groups (broad SMARTS) is 1. The second kappa shape index (κ2) is 5.35. The van der Waals surface area contributed by atoms with Crippen LogP contribution in [0.4, 0.5) is 0 Å². The molecule has 3 heteroatoms. The van der Waals surface area contributed by atoms with Gasteiger partial charge in [0, 0.05) is 5.02 Å². The van der Waals surface area contributed by atoms with Gasteiger partial charge < -0.3 is 5.11 Å². The summed E-state index contributed by atoms with van der Waals surface area (Å²) < 4.78 is 0. The fourth-order valence-electron chi connectivity index (χ4n) is 1.68. The second-order valence-electron chi connectivity index (χ2n) is 4.53. The van der Waals surface area contributed by atoms with Crippen LogP contribution in [0.5, 0.6) is 0 Å². The van der Waals surface area contributed by atoms with Gasteiger partial charge in [0.05, 0.1) is 5.92 Å². The van der Waals surface area contributed by atoms with Crippen molar-refractivity contribution in [2.45, 2.75) is 33.1 Å². The lowest BCUT2D eigenvalue weighted by Gasteiger charge is -2.15. The Morgan fingerprint density at radius 3 is 2.50 bits per heavy atom. The van der Waals surface area contributed by atoms with Crippen LogP contribution in [-0.4, -0.2) is 11.1 Å². The van der Waals surface area contributed by atoms with Gasteiger partial charge in [-0.2, -0.15) is 0 Å². The summed E-state index contributed by atoms with van der Waals surface area (Å²) in [7, 11) is 0. The molecular weight excluding hydrogens is 224 g/mol. The zero-order valence-corrected chi connectivity index (χ0v) is 10.6. The Morgan fingerprint density at radius 2 is 2.06 bits per heavy atom. The van der Waals surface area contributed by atoms with Crippen LogP contribution in [0.15, 0.2) is 18.2 Å². The van der Waals surface area contributed by atoms with E-state index in [9.17, 15) is 9.90 Å². The fourth-order valence-corrected chi connectivity index (χ4v) is 1.87. The quantitative estimate of drug-likeness (QED) is 0.868. The third-order valence-electron chi connectivity index (χ3n) is 2.60. The van der Waals surface area contributed by atoms with Crippen molar-refractivity contribution in [3.05, 3.63) is 34.3 Å². The van der Waals surface area contributed by atoms with E-state index in [-0.39, 0.29) is 0 Å². The smallest absolute Gasteiger partial charge is 0.310 e. The molecule has 88 valence electrons. The Morgan fingerprint density at radius 1 is 1.44 bits per heavy atom. The minimum absolute atomic E-state index is 0.348. The monoisotopic (exact) mass is 240 g/mol. The summed E-state index contributed by atoms with van der Waals surface area (Å²) in [6, 6.07) is 5.48. The van der Waals surface area contributed by atoms with E-state index in [1.807, 2.05) is 32.9 Å². The van der Waals surface area contributed by atoms with Crippen molar-refractivity contribution in [3.63, 3.8) is 0 Å². The van der Waals surface area contributed by atoms with Crippen molar-refractivity contribution in [1.29, 1.82) is 0 Å². The summed E-state index contributed by atoms with van der Waals surface area (Å²) in [5.74, 6) is -0.895. The molecule has 1 aromatic rings. The minimum Gasteiger partial charge on any atom is -0.481 e. The zero-order chi connectivity index (χ0) is 12.3. The van der Waals surface area contributed by atoms with Crippen molar-refractivity contribution in [1.82, 2.24) is 0 Å². The lowest BCUT2D eigenvalue weighted by atomic mass is 9.90. The molecule has 1 atom stereocenters. The van der Waals surface area contributed by atoms with Crippen LogP contribution >= 0.6 is 11.6 Å². The van der Waals surface area contributed by atoms with Crippen molar-refractivity contribution < 1.29 is 9.90 Å². The second-order valence-corrected chi connectivity index (χ2v) is 4.94. The van der Waals surface area contributed by atoms with Crippen LogP contribution in [0.1, 0.15) is 37.3 Å². The first-order chi connectivity index (χ1) is 7.41. The van der Waals surface area contributed by atoms with Crippen molar-refractivity contribution in [2.24, 2.45) is 5.92 Å². The number of rotatable bonds is 4. The van der Waals surface area contributed by atoms with Crippen molar-refractivity contribution in [3.8, 4) is 0 Å². The number of halogens is 1. The molecule has 0 saturated carbocycles. The number of carboxylic acids is 1. The van der Waals surface area contributed by atoms with Gasteiger partial charge in [-0.25, -0.2) is 0 Å². The van der Waals surface area contributed by atoms with Crippen LogP contribution < -0.4 is 0 Å². The van der Waals surface area contributed by atoms with E-state index < -0.39 is 11.9 Å². The SMILES string of the molecule is Cc1ccc(C(CC(C)C)C(=O)O)cc1Cl. The molecule has 0 aliphatic carbocycles. The molecule has 1 aromatic carbocycles. The lowest BCUT2D eigenvalue weighted by Crippen LogP contribution is -2.14. The van der Waals surface area contributed by atoms with Gasteiger partial charge in [-0.15, -0.1) is 0 Å². The van der Waals surface area contributed by atoms with Gasteiger partial charge in [0.2, 0.25) is 0 Å². The Kier molecular flexibility index (Phi) is 4.36. The molecule has 0 radical (unpaired) electrons. The topological polar surface area (TPSA) is 37.3 Å². The maximum atomic E-state index is 11.2. The zero-order valence-electron chi connectivity index (χ0n) is 9.83. The summed E-state index contributed by atoms with van der Waals surface area (Å²) in [5, 5.41) is 9.82. The first kappa shape index (κ1) is 13.0. The molecule has 0 fully saturated rings. The van der Waals surface area contributed by atoms with Crippen LogP contribution in [0.25, 0.3) is 0 Å². The van der Waals surface area contributed by atoms with E-state index in [0.29, 0.717) is 17.4 Å². The molecule has 0 bridgehead atoms. The van der Waals surface area contributed by atoms with E-state index in [2.05, 4.69) is 0 Å². The molecule has 1 rings (SSSR count). The van der Waals surface area contributed by atoms with Gasteiger partial charge in [0.1, 0.15) is 0 Å². The lowest BCUT2D eigenvalue weighted by molar-refractivity contribution is -0.139. The Hall–Kier alpha value is -1.02. The minimum atomic E-state index is -0.784. The van der Waals surface area contributed by atoms with E-state index in [1.165, 1.54) is 0 Å². The first-order valence-corrected chi connectivity index (χ1v) is 5.78. The van der Waals surface area contributed by atoms with Gasteiger partial charge in [-0.1, -0.05) is 37.6 Å². The van der Waals surface area contributed by atoms with Crippen LogP contribution in [0, 0.1) is 12.8 Å². The molecule has 0 aromatic heterocycles. The molecule has 0 amide bonds. The Balaban J connectivity index is 3.01. The predicted octanol–water partition coefficient (Wildman–Crippen LogP) is 3.86. The highest BCUT2D eigenvalue weighted by Crippen LogP contribution is 2.27. The number of benzene rings is 1. The molecule has 2 nitrogen and oxygen atoms in total. The van der Waals surface area contributed by atoms with Gasteiger partial charge in [-0.3, -0.25) is 4.79 Å². The molecular formula is C13H17ClO2. The molecule has 16 heavy (non-hydrogen) atoms. The van der Waals surface area contributed by atoms with E-state index in [4.69, 9.17) is 11.6 Å². The Bertz CT molecular complexity index is 386. The number of carbonyl (C=O) groups is 1. The van der Waals surface area contributed by atoms with Crippen molar-refractivity contribution >= 4 is 17.6 Å². The van der Waals surface area contributed by atoms with Gasteiger partial charge in [0.15, 0.2) is 0 Å². The summed E-state index contributed by atoms with van der Waals surface area (Å²) in [4.78, 5) is 11.2. The van der Waals surface area contributed by atoms with Gasteiger partial charge in [0.25, 0.3) is 0 Å². The molecule has 0 saturated heterocycles. The maximum absolute atomic E-state index is 11.2. The average Bonchev–Trinajstić information content (AvgIpc) is 2.18. The predicted molar refractivity (Wildman–Crippen MR) is 66.0 cm³/mol. The normalized spacial score (nSPS) is 12.8. The number of hydrogen-bond acceptors (Lipinski definition) is 1. The largest absolute Gasteiger partial charge is 0.481 e. The highest BCUT2D eigenvalue weighted by molar-refractivity contribution is 6.31. The van der Waals surface area contributed by atoms with E-state index >= 15 is 0 Å². The molecule has 0 aliphatic rings. The van der Waals surface area contributed by atoms with Crippen LogP contribution in [0.2, 0.25) is 5.02 Å². The third-order valence-corrected chi connectivity index (χ3v) is 3.01.